The van der Waals surface area contributed by atoms with E-state index < -0.39 is 0 Å². The van der Waals surface area contributed by atoms with Crippen LogP contribution in [-0.2, 0) is 9.59 Å². The van der Waals surface area contributed by atoms with Crippen molar-refractivity contribution in [1.82, 2.24) is 14.8 Å². The highest BCUT2D eigenvalue weighted by molar-refractivity contribution is 5.89. The van der Waals surface area contributed by atoms with Gasteiger partial charge in [0.05, 0.1) is 12.0 Å². The van der Waals surface area contributed by atoms with E-state index in [1.165, 1.54) is 12.8 Å². The van der Waals surface area contributed by atoms with Crippen LogP contribution in [0.25, 0.3) is 0 Å². The van der Waals surface area contributed by atoms with E-state index in [4.69, 9.17) is 0 Å². The van der Waals surface area contributed by atoms with E-state index in [1.807, 2.05) is 21.9 Å². The summed E-state index contributed by atoms with van der Waals surface area (Å²) in [6.07, 6.45) is 8.47. The fourth-order valence-electron chi connectivity index (χ4n) is 3.92. The van der Waals surface area contributed by atoms with E-state index in [1.54, 1.807) is 12.4 Å². The molecule has 1 aromatic rings. The third kappa shape index (κ3) is 2.96. The maximum Gasteiger partial charge on any atom is 0.228 e. The molecule has 3 fully saturated rings. The summed E-state index contributed by atoms with van der Waals surface area (Å²) in [5, 5.41) is 0. The summed E-state index contributed by atoms with van der Waals surface area (Å²) in [5.74, 6) is 0.860. The molecular weight excluding hydrogens is 290 g/mol. The molecule has 23 heavy (non-hydrogen) atoms. The lowest BCUT2D eigenvalue weighted by atomic mass is 10.0. The molecule has 2 atom stereocenters. The third-order valence-electron chi connectivity index (χ3n) is 5.37. The van der Waals surface area contributed by atoms with Crippen LogP contribution in [0.5, 0.6) is 0 Å². The smallest absolute Gasteiger partial charge is 0.228 e. The molecule has 3 heterocycles. The van der Waals surface area contributed by atoms with Crippen molar-refractivity contribution >= 4 is 11.8 Å². The minimum absolute atomic E-state index is 0.149. The van der Waals surface area contributed by atoms with Crippen LogP contribution < -0.4 is 0 Å². The molecule has 0 bridgehead atoms. The van der Waals surface area contributed by atoms with Crippen LogP contribution >= 0.6 is 0 Å². The standard InChI is InChI=1S/C18H23N3O2/c22-17-10-15(12-20(17)11-13-3-4-13)18(23)21-9-1-2-16(21)14-5-7-19-8-6-14/h5-8,13,15-16H,1-4,9-12H2/t15-,16-/m1/s1. The molecule has 1 aromatic heterocycles. The predicted octanol–water partition coefficient (Wildman–Crippen LogP) is 2.00. The molecule has 2 amide bonds. The predicted molar refractivity (Wildman–Crippen MR) is 85.3 cm³/mol. The Morgan fingerprint density at radius 2 is 2.00 bits per heavy atom. The van der Waals surface area contributed by atoms with Crippen LogP contribution in [0.2, 0.25) is 0 Å². The molecule has 0 unspecified atom stereocenters. The Morgan fingerprint density at radius 3 is 2.74 bits per heavy atom. The number of hydrogen-bond donors (Lipinski definition) is 0. The van der Waals surface area contributed by atoms with Crippen LogP contribution in [-0.4, -0.2) is 46.2 Å². The number of rotatable bonds is 4. The first kappa shape index (κ1) is 14.7. The number of carbonyl (C=O) groups excluding carboxylic acids is 2. The van der Waals surface area contributed by atoms with Crippen LogP contribution in [0.4, 0.5) is 0 Å². The maximum atomic E-state index is 13.0. The number of pyridine rings is 1. The fraction of sp³-hybridized carbons (Fsp3) is 0.611. The van der Waals surface area contributed by atoms with Crippen LogP contribution in [0.3, 0.4) is 0 Å². The molecule has 1 aliphatic carbocycles. The van der Waals surface area contributed by atoms with Gasteiger partial charge in [-0.05, 0) is 49.3 Å². The normalized spacial score (nSPS) is 27.7. The van der Waals surface area contributed by atoms with Crippen molar-refractivity contribution in [2.45, 2.75) is 38.1 Å². The summed E-state index contributed by atoms with van der Waals surface area (Å²) in [7, 11) is 0. The van der Waals surface area contributed by atoms with E-state index in [0.717, 1.165) is 31.5 Å². The molecule has 5 nitrogen and oxygen atoms in total. The van der Waals surface area contributed by atoms with E-state index in [2.05, 4.69) is 4.98 Å². The Bertz CT molecular complexity index is 600. The zero-order chi connectivity index (χ0) is 15.8. The summed E-state index contributed by atoms with van der Waals surface area (Å²) in [6, 6.07) is 4.14. The second-order valence-electron chi connectivity index (χ2n) is 7.11. The van der Waals surface area contributed by atoms with Crippen molar-refractivity contribution in [3.8, 4) is 0 Å². The van der Waals surface area contributed by atoms with Gasteiger partial charge in [0.15, 0.2) is 0 Å². The third-order valence-corrected chi connectivity index (χ3v) is 5.37. The van der Waals surface area contributed by atoms with E-state index in [-0.39, 0.29) is 23.8 Å². The number of hydrogen-bond acceptors (Lipinski definition) is 3. The van der Waals surface area contributed by atoms with E-state index in [9.17, 15) is 9.59 Å². The van der Waals surface area contributed by atoms with Gasteiger partial charge < -0.3 is 9.80 Å². The van der Waals surface area contributed by atoms with E-state index in [0.29, 0.717) is 18.9 Å². The molecule has 0 aromatic carbocycles. The molecule has 3 aliphatic rings. The summed E-state index contributed by atoms with van der Waals surface area (Å²) in [5.41, 5.74) is 1.16. The summed E-state index contributed by atoms with van der Waals surface area (Å²) in [4.78, 5) is 33.1. The van der Waals surface area contributed by atoms with Crippen LogP contribution in [0.1, 0.15) is 43.7 Å². The van der Waals surface area contributed by atoms with Gasteiger partial charge in [-0.1, -0.05) is 0 Å². The molecule has 0 spiro atoms. The number of carbonyl (C=O) groups is 2. The van der Waals surface area contributed by atoms with Gasteiger partial charge >= 0.3 is 0 Å². The zero-order valence-electron chi connectivity index (χ0n) is 13.4. The maximum absolute atomic E-state index is 13.0. The Labute approximate surface area is 136 Å². The Hall–Kier alpha value is -1.91. The topological polar surface area (TPSA) is 53.5 Å². The summed E-state index contributed by atoms with van der Waals surface area (Å²) in [6.45, 7) is 2.28. The molecule has 122 valence electrons. The van der Waals surface area contributed by atoms with Crippen molar-refractivity contribution in [3.63, 3.8) is 0 Å². The Kier molecular flexibility index (Phi) is 3.79. The van der Waals surface area contributed by atoms with Gasteiger partial charge in [-0.2, -0.15) is 0 Å². The lowest BCUT2D eigenvalue weighted by Gasteiger charge is -2.27. The average Bonchev–Trinajstić information content (AvgIpc) is 3.12. The van der Waals surface area contributed by atoms with Gasteiger partial charge in [0.2, 0.25) is 11.8 Å². The molecule has 0 radical (unpaired) electrons. The minimum atomic E-state index is -0.149. The van der Waals surface area contributed by atoms with Crippen LogP contribution in [0, 0.1) is 11.8 Å². The van der Waals surface area contributed by atoms with Crippen molar-refractivity contribution in [3.05, 3.63) is 30.1 Å². The van der Waals surface area contributed by atoms with Crippen molar-refractivity contribution < 1.29 is 9.59 Å². The van der Waals surface area contributed by atoms with E-state index >= 15 is 0 Å². The second-order valence-corrected chi connectivity index (χ2v) is 7.11. The molecule has 4 rings (SSSR count). The monoisotopic (exact) mass is 313 g/mol. The van der Waals surface area contributed by atoms with Gasteiger partial charge in [-0.3, -0.25) is 14.6 Å². The van der Waals surface area contributed by atoms with Gasteiger partial charge in [0.25, 0.3) is 0 Å². The first-order valence-electron chi connectivity index (χ1n) is 8.70. The lowest BCUT2D eigenvalue weighted by Crippen LogP contribution is -2.37. The molecule has 2 aliphatic heterocycles. The second kappa shape index (κ2) is 5.95. The molecular formula is C18H23N3O2. The van der Waals surface area contributed by atoms with Gasteiger partial charge in [0.1, 0.15) is 0 Å². The van der Waals surface area contributed by atoms with Gasteiger partial charge in [0, 0.05) is 38.4 Å². The molecule has 1 saturated carbocycles. The fourth-order valence-corrected chi connectivity index (χ4v) is 3.92. The SMILES string of the molecule is O=C1C[C@@H](C(=O)N2CCC[C@@H]2c2ccncc2)CN1CC1CC1. The highest BCUT2D eigenvalue weighted by Gasteiger charge is 2.41. The largest absolute Gasteiger partial charge is 0.342 e. The molecule has 2 saturated heterocycles. The Balaban J connectivity index is 1.44. The van der Waals surface area contributed by atoms with Gasteiger partial charge in [-0.15, -0.1) is 0 Å². The first-order valence-corrected chi connectivity index (χ1v) is 8.70. The zero-order valence-corrected chi connectivity index (χ0v) is 13.4. The molecule has 0 N–H and O–H groups in total. The number of aromatic nitrogens is 1. The van der Waals surface area contributed by atoms with Gasteiger partial charge in [-0.25, -0.2) is 0 Å². The number of amides is 2. The highest BCUT2D eigenvalue weighted by Crippen LogP contribution is 2.36. The average molecular weight is 313 g/mol. The lowest BCUT2D eigenvalue weighted by molar-refractivity contribution is -0.136. The number of likely N-dealkylation sites (tertiary alicyclic amines) is 2. The quantitative estimate of drug-likeness (QED) is 0.854. The van der Waals surface area contributed by atoms with Crippen molar-refractivity contribution in [2.24, 2.45) is 11.8 Å². The molecule has 5 heteroatoms. The first-order chi connectivity index (χ1) is 11.2. The minimum Gasteiger partial charge on any atom is -0.342 e. The van der Waals surface area contributed by atoms with Crippen LogP contribution in [0.15, 0.2) is 24.5 Å². The Morgan fingerprint density at radius 1 is 1.22 bits per heavy atom. The van der Waals surface area contributed by atoms with Crippen molar-refractivity contribution in [2.75, 3.05) is 19.6 Å². The summed E-state index contributed by atoms with van der Waals surface area (Å²) < 4.78 is 0. The summed E-state index contributed by atoms with van der Waals surface area (Å²) >= 11 is 0. The number of nitrogens with zero attached hydrogens (tertiary/aromatic N) is 3. The van der Waals surface area contributed by atoms with Crippen molar-refractivity contribution in [1.29, 1.82) is 0 Å². The highest BCUT2D eigenvalue weighted by atomic mass is 16.2.